The minimum atomic E-state index is -0.428. The first-order valence-electron chi connectivity index (χ1n) is 10.2. The normalized spacial score (nSPS) is 34.6. The van der Waals surface area contributed by atoms with Gasteiger partial charge in [-0.25, -0.2) is 0 Å². The van der Waals surface area contributed by atoms with Gasteiger partial charge in [-0.15, -0.1) is 0 Å². The second-order valence-corrected chi connectivity index (χ2v) is 9.11. The minimum Gasteiger partial charge on any atom is -0.387 e. The molecule has 1 aromatic heterocycles. The highest BCUT2D eigenvalue weighted by atomic mass is 16.3. The summed E-state index contributed by atoms with van der Waals surface area (Å²) in [5.41, 5.74) is 3.81. The molecule has 2 nitrogen and oxygen atoms in total. The Hall–Kier alpha value is -1.41. The molecule has 25 heavy (non-hydrogen) atoms. The zero-order valence-corrected chi connectivity index (χ0v) is 15.2. The van der Waals surface area contributed by atoms with E-state index < -0.39 is 6.10 Å². The number of aliphatic hydroxyl groups is 1. The number of hydrogen-bond donors (Lipinski definition) is 1. The Labute approximate surface area is 150 Å². The van der Waals surface area contributed by atoms with Crippen molar-refractivity contribution in [2.75, 3.05) is 0 Å². The number of para-hydroxylation sites is 1. The first-order chi connectivity index (χ1) is 12.2. The van der Waals surface area contributed by atoms with Crippen molar-refractivity contribution in [1.29, 1.82) is 0 Å². The lowest BCUT2D eigenvalue weighted by Gasteiger charge is -2.57. The first kappa shape index (κ1) is 15.8. The third kappa shape index (κ3) is 2.52. The fraction of sp³-hybridized carbons (Fsp3) is 0.609. The number of fused-ring (bicyclic) bond motifs is 1. The topological polar surface area (TPSA) is 33.1 Å². The first-order valence-corrected chi connectivity index (χ1v) is 10.2. The van der Waals surface area contributed by atoms with Crippen molar-refractivity contribution in [2.45, 2.75) is 69.8 Å². The number of hydrogen-bond acceptors (Lipinski definition) is 2. The second-order valence-electron chi connectivity index (χ2n) is 9.11. The van der Waals surface area contributed by atoms with E-state index >= 15 is 0 Å². The van der Waals surface area contributed by atoms with Gasteiger partial charge in [-0.3, -0.25) is 4.98 Å². The lowest BCUT2D eigenvalue weighted by molar-refractivity contribution is -0.00463. The van der Waals surface area contributed by atoms with Crippen molar-refractivity contribution < 1.29 is 5.11 Å². The maximum absolute atomic E-state index is 10.6. The van der Waals surface area contributed by atoms with Crippen molar-refractivity contribution >= 4 is 10.9 Å². The number of pyridine rings is 1. The van der Waals surface area contributed by atoms with Gasteiger partial charge in [0.15, 0.2) is 0 Å². The summed E-state index contributed by atoms with van der Waals surface area (Å²) in [6, 6.07) is 10.9. The molecule has 1 N–H and O–H groups in total. The molecule has 0 saturated heterocycles. The van der Waals surface area contributed by atoms with E-state index in [0.717, 1.165) is 41.8 Å². The van der Waals surface area contributed by atoms with Crippen LogP contribution in [0.1, 0.15) is 75.7 Å². The molecule has 1 unspecified atom stereocenters. The number of nitrogens with zero attached hydrogens (tertiary/aromatic N) is 1. The lowest BCUT2D eigenvalue weighted by Crippen LogP contribution is -2.48. The van der Waals surface area contributed by atoms with E-state index in [2.05, 4.69) is 37.3 Å². The van der Waals surface area contributed by atoms with Crippen molar-refractivity contribution in [3.05, 3.63) is 41.6 Å². The van der Waals surface area contributed by atoms with Gasteiger partial charge in [0.25, 0.3) is 0 Å². The van der Waals surface area contributed by atoms with Crippen LogP contribution in [-0.2, 0) is 5.41 Å². The molecule has 4 bridgehead atoms. The summed E-state index contributed by atoms with van der Waals surface area (Å²) in [5, 5.41) is 12.0. The maximum atomic E-state index is 10.6. The average molecular weight is 335 g/mol. The third-order valence-electron chi connectivity index (χ3n) is 7.25. The quantitative estimate of drug-likeness (QED) is 0.796. The Morgan fingerprint density at radius 3 is 2.36 bits per heavy atom. The van der Waals surface area contributed by atoms with E-state index in [9.17, 15) is 5.11 Å². The summed E-state index contributed by atoms with van der Waals surface area (Å²) < 4.78 is 0. The van der Waals surface area contributed by atoms with Gasteiger partial charge in [0.05, 0.1) is 17.3 Å². The van der Waals surface area contributed by atoms with Crippen LogP contribution in [0.2, 0.25) is 0 Å². The Kier molecular flexibility index (Phi) is 3.67. The molecule has 1 heterocycles. The van der Waals surface area contributed by atoms with Gasteiger partial charge in [-0.05, 0) is 85.8 Å². The molecule has 6 rings (SSSR count). The van der Waals surface area contributed by atoms with Gasteiger partial charge in [0, 0.05) is 5.39 Å². The number of aromatic nitrogens is 1. The predicted molar refractivity (Wildman–Crippen MR) is 101 cm³/mol. The summed E-state index contributed by atoms with van der Waals surface area (Å²) in [6.07, 6.45) is 9.83. The average Bonchev–Trinajstić information content (AvgIpc) is 2.60. The van der Waals surface area contributed by atoms with Crippen LogP contribution in [0, 0.1) is 17.8 Å². The molecule has 4 aliphatic rings. The van der Waals surface area contributed by atoms with Gasteiger partial charge in [0.1, 0.15) is 0 Å². The molecule has 4 aliphatic carbocycles. The third-order valence-corrected chi connectivity index (χ3v) is 7.25. The van der Waals surface area contributed by atoms with Crippen molar-refractivity contribution in [3.8, 4) is 0 Å². The zero-order valence-electron chi connectivity index (χ0n) is 15.2. The van der Waals surface area contributed by atoms with Crippen LogP contribution in [-0.4, -0.2) is 10.1 Å². The van der Waals surface area contributed by atoms with Crippen LogP contribution in [0.25, 0.3) is 10.9 Å². The van der Waals surface area contributed by atoms with E-state index in [1.807, 2.05) is 0 Å². The lowest BCUT2D eigenvalue weighted by atomic mass is 9.48. The van der Waals surface area contributed by atoms with Crippen molar-refractivity contribution in [2.24, 2.45) is 17.8 Å². The van der Waals surface area contributed by atoms with E-state index in [-0.39, 0.29) is 0 Å². The number of aliphatic hydroxyl groups excluding tert-OH is 1. The molecule has 4 fully saturated rings. The van der Waals surface area contributed by atoms with E-state index in [1.54, 1.807) is 0 Å². The zero-order chi connectivity index (χ0) is 17.0. The molecular formula is C23H29NO. The van der Waals surface area contributed by atoms with Gasteiger partial charge in [0.2, 0.25) is 0 Å². The van der Waals surface area contributed by atoms with Gasteiger partial charge >= 0.3 is 0 Å². The summed E-state index contributed by atoms with van der Waals surface area (Å²) in [4.78, 5) is 4.83. The van der Waals surface area contributed by atoms with Crippen LogP contribution in [0.15, 0.2) is 30.3 Å². The highest BCUT2D eigenvalue weighted by molar-refractivity contribution is 5.83. The molecule has 0 aliphatic heterocycles. The molecule has 0 radical (unpaired) electrons. The Balaban J connectivity index is 1.67. The predicted octanol–water partition coefficient (Wildman–Crippen LogP) is 5.54. The smallest absolute Gasteiger partial charge is 0.0960 e. The second kappa shape index (κ2) is 5.81. The Morgan fingerprint density at radius 1 is 1.08 bits per heavy atom. The van der Waals surface area contributed by atoms with Gasteiger partial charge in [-0.2, -0.15) is 0 Å². The molecule has 1 aromatic carbocycles. The largest absolute Gasteiger partial charge is 0.387 e. The summed E-state index contributed by atoms with van der Waals surface area (Å²) in [7, 11) is 0. The van der Waals surface area contributed by atoms with Crippen LogP contribution in [0.4, 0.5) is 0 Å². The summed E-state index contributed by atoms with van der Waals surface area (Å²) >= 11 is 0. The molecule has 4 saturated carbocycles. The summed E-state index contributed by atoms with van der Waals surface area (Å²) in [6.45, 7) is 2.13. The number of benzene rings is 1. The maximum Gasteiger partial charge on any atom is 0.0960 e. The Bertz CT molecular complexity index is 760. The van der Waals surface area contributed by atoms with Gasteiger partial charge in [-0.1, -0.05) is 31.5 Å². The highest BCUT2D eigenvalue weighted by Gasteiger charge is 2.52. The fourth-order valence-electron chi connectivity index (χ4n) is 6.67. The van der Waals surface area contributed by atoms with E-state index in [0.29, 0.717) is 5.41 Å². The van der Waals surface area contributed by atoms with E-state index in [4.69, 9.17) is 4.98 Å². The molecule has 0 amide bonds. The molecule has 0 spiro atoms. The van der Waals surface area contributed by atoms with Crippen LogP contribution < -0.4 is 0 Å². The Morgan fingerprint density at radius 2 is 1.72 bits per heavy atom. The fourth-order valence-corrected chi connectivity index (χ4v) is 6.67. The van der Waals surface area contributed by atoms with Crippen LogP contribution in [0.3, 0.4) is 0 Å². The van der Waals surface area contributed by atoms with Crippen molar-refractivity contribution in [3.63, 3.8) is 0 Å². The highest BCUT2D eigenvalue weighted by Crippen LogP contribution is 2.61. The molecule has 2 aromatic rings. The number of rotatable bonds is 4. The van der Waals surface area contributed by atoms with Gasteiger partial charge < -0.3 is 5.11 Å². The minimum absolute atomic E-state index is 0.345. The summed E-state index contributed by atoms with van der Waals surface area (Å²) in [5.74, 6) is 2.80. The standard InChI is InChI=1S/C23H29NO/c1-2-5-22(25)21-11-19(18-6-3-4-7-20(18)24-21)23-12-15-8-16(13-23)10-17(9-15)14-23/h3-4,6-7,11,15-17,22,25H,2,5,8-10,12-14H2,1H3. The SMILES string of the molecule is CCCC(O)c1cc(C23CC4CC(CC(C4)C2)C3)c2ccccc2n1. The monoisotopic (exact) mass is 335 g/mol. The molecule has 1 atom stereocenters. The molecule has 2 heteroatoms. The molecular weight excluding hydrogens is 306 g/mol. The van der Waals surface area contributed by atoms with E-state index in [1.165, 1.54) is 49.5 Å². The van der Waals surface area contributed by atoms with Crippen molar-refractivity contribution in [1.82, 2.24) is 4.98 Å². The van der Waals surface area contributed by atoms with Crippen LogP contribution in [0.5, 0.6) is 0 Å². The van der Waals surface area contributed by atoms with Crippen LogP contribution >= 0.6 is 0 Å². The molecule has 132 valence electrons.